The Bertz CT molecular complexity index is 817. The average Bonchev–Trinajstić information content (AvgIpc) is 3.11. The molecular formula is C19H19N3O2S. The van der Waals surface area contributed by atoms with Gasteiger partial charge in [0.05, 0.1) is 30.6 Å². The number of rotatable bonds is 7. The molecule has 0 saturated carbocycles. The highest BCUT2D eigenvalue weighted by Crippen LogP contribution is 2.27. The number of nitrogens with one attached hydrogen (secondary N) is 2. The Morgan fingerprint density at radius 3 is 2.76 bits per heavy atom. The lowest BCUT2D eigenvalue weighted by atomic mass is 10.2. The number of hydrogen-bond acceptors (Lipinski definition) is 5. The van der Waals surface area contributed by atoms with E-state index in [0.29, 0.717) is 18.8 Å². The highest BCUT2D eigenvalue weighted by Gasteiger charge is 2.07. The zero-order chi connectivity index (χ0) is 17.5. The van der Waals surface area contributed by atoms with Crippen LogP contribution in [0, 0.1) is 0 Å². The molecule has 0 atom stereocenters. The third kappa shape index (κ3) is 4.81. The van der Waals surface area contributed by atoms with Crippen molar-refractivity contribution < 1.29 is 9.53 Å². The fourth-order valence-electron chi connectivity index (χ4n) is 2.31. The molecule has 2 N–H and O–H groups in total. The van der Waals surface area contributed by atoms with E-state index in [1.165, 1.54) is 0 Å². The van der Waals surface area contributed by atoms with Crippen LogP contribution in [0.3, 0.4) is 0 Å². The average molecular weight is 353 g/mol. The highest BCUT2D eigenvalue weighted by molar-refractivity contribution is 7.10. The van der Waals surface area contributed by atoms with E-state index in [0.717, 1.165) is 22.0 Å². The van der Waals surface area contributed by atoms with E-state index in [-0.39, 0.29) is 5.91 Å². The molecule has 0 aliphatic heterocycles. The Balaban J connectivity index is 1.61. The second kappa shape index (κ2) is 8.30. The number of nitrogens with zero attached hydrogens (tertiary/aromatic N) is 1. The van der Waals surface area contributed by atoms with Crippen LogP contribution in [0.15, 0.2) is 60.1 Å². The van der Waals surface area contributed by atoms with E-state index < -0.39 is 0 Å². The van der Waals surface area contributed by atoms with Gasteiger partial charge in [-0.05, 0) is 42.6 Å². The maximum atomic E-state index is 12.0. The molecule has 128 valence electrons. The molecule has 0 radical (unpaired) electrons. The molecule has 0 fully saturated rings. The number of benzene rings is 1. The monoisotopic (exact) mass is 353 g/mol. The van der Waals surface area contributed by atoms with E-state index in [1.807, 2.05) is 54.8 Å². The van der Waals surface area contributed by atoms with Crippen LogP contribution >= 0.6 is 11.3 Å². The first kappa shape index (κ1) is 17.0. The molecule has 1 amide bonds. The molecule has 6 heteroatoms. The Kier molecular flexibility index (Phi) is 5.64. The normalized spacial score (nSPS) is 10.3. The van der Waals surface area contributed by atoms with Gasteiger partial charge in [0.25, 0.3) is 0 Å². The smallest absolute Gasteiger partial charge is 0.230 e. The number of pyridine rings is 1. The number of anilines is 3. The van der Waals surface area contributed by atoms with Gasteiger partial charge in [-0.2, -0.15) is 0 Å². The van der Waals surface area contributed by atoms with E-state index in [1.54, 1.807) is 23.6 Å². The minimum atomic E-state index is -0.0719. The van der Waals surface area contributed by atoms with Gasteiger partial charge in [-0.1, -0.05) is 18.2 Å². The molecule has 2 aromatic heterocycles. The first-order chi connectivity index (χ1) is 12.2. The number of carbonyl (C=O) groups excluding carboxylic acids is 1. The van der Waals surface area contributed by atoms with E-state index >= 15 is 0 Å². The van der Waals surface area contributed by atoms with Crippen molar-refractivity contribution in [2.45, 2.75) is 13.3 Å². The molecule has 0 bridgehead atoms. The zero-order valence-electron chi connectivity index (χ0n) is 13.9. The van der Waals surface area contributed by atoms with Crippen molar-refractivity contribution in [3.8, 4) is 5.75 Å². The Labute approximate surface area is 150 Å². The fraction of sp³-hybridized carbons (Fsp3) is 0.158. The lowest BCUT2D eigenvalue weighted by Crippen LogP contribution is -2.14. The Hall–Kier alpha value is -2.86. The first-order valence-corrected chi connectivity index (χ1v) is 8.89. The second-order valence-electron chi connectivity index (χ2n) is 5.29. The van der Waals surface area contributed by atoms with Crippen LogP contribution in [-0.4, -0.2) is 17.5 Å². The summed E-state index contributed by atoms with van der Waals surface area (Å²) in [5.74, 6) is 1.25. The summed E-state index contributed by atoms with van der Waals surface area (Å²) in [4.78, 5) is 17.3. The molecule has 0 aliphatic rings. The first-order valence-electron chi connectivity index (χ1n) is 8.01. The van der Waals surface area contributed by atoms with Gasteiger partial charge >= 0.3 is 0 Å². The quantitative estimate of drug-likeness (QED) is 0.658. The maximum absolute atomic E-state index is 12.0. The van der Waals surface area contributed by atoms with Gasteiger partial charge < -0.3 is 15.4 Å². The third-order valence-corrected chi connectivity index (χ3v) is 4.29. The predicted octanol–water partition coefficient (Wildman–Crippen LogP) is 4.47. The van der Waals surface area contributed by atoms with Crippen LogP contribution in [0.4, 0.5) is 17.2 Å². The number of amides is 1. The molecule has 0 saturated heterocycles. The van der Waals surface area contributed by atoms with E-state index in [4.69, 9.17) is 4.74 Å². The minimum absolute atomic E-state index is 0.0719. The molecular weight excluding hydrogens is 334 g/mol. The van der Waals surface area contributed by atoms with Crippen molar-refractivity contribution in [1.29, 1.82) is 0 Å². The summed E-state index contributed by atoms with van der Waals surface area (Å²) in [6.07, 6.45) is 2.05. The predicted molar refractivity (Wildman–Crippen MR) is 102 cm³/mol. The fourth-order valence-corrected chi connectivity index (χ4v) is 3.01. The van der Waals surface area contributed by atoms with Crippen molar-refractivity contribution in [1.82, 2.24) is 4.98 Å². The van der Waals surface area contributed by atoms with Gasteiger partial charge in [0.15, 0.2) is 0 Å². The molecule has 2 heterocycles. The van der Waals surface area contributed by atoms with Gasteiger partial charge in [0.1, 0.15) is 11.6 Å². The molecule has 0 aliphatic carbocycles. The SMILES string of the molecule is CCOc1ccccc1Nc1ccc(NC(=O)Cc2cccs2)nc1. The van der Waals surface area contributed by atoms with Crippen LogP contribution in [0.25, 0.3) is 0 Å². The summed E-state index contributed by atoms with van der Waals surface area (Å²) in [5, 5.41) is 8.04. The van der Waals surface area contributed by atoms with Gasteiger partial charge in [0.2, 0.25) is 5.91 Å². The van der Waals surface area contributed by atoms with Crippen molar-refractivity contribution in [2.24, 2.45) is 0 Å². The van der Waals surface area contributed by atoms with Crippen molar-refractivity contribution in [2.75, 3.05) is 17.2 Å². The van der Waals surface area contributed by atoms with E-state index in [2.05, 4.69) is 15.6 Å². The highest BCUT2D eigenvalue weighted by atomic mass is 32.1. The molecule has 3 aromatic rings. The standard InChI is InChI=1S/C19H19N3O2S/c1-2-24-17-8-4-3-7-16(17)21-14-9-10-18(20-13-14)22-19(23)12-15-6-5-11-25-15/h3-11,13,21H,2,12H2,1H3,(H,20,22,23). The van der Waals surface area contributed by atoms with Crippen molar-refractivity contribution in [3.63, 3.8) is 0 Å². The molecule has 0 spiro atoms. The molecule has 5 nitrogen and oxygen atoms in total. The van der Waals surface area contributed by atoms with Gasteiger partial charge in [-0.3, -0.25) is 4.79 Å². The van der Waals surface area contributed by atoms with Gasteiger partial charge in [-0.25, -0.2) is 4.98 Å². The molecule has 1 aromatic carbocycles. The summed E-state index contributed by atoms with van der Waals surface area (Å²) in [6.45, 7) is 2.55. The molecule has 0 unspecified atom stereocenters. The Morgan fingerprint density at radius 1 is 1.16 bits per heavy atom. The van der Waals surface area contributed by atoms with Crippen LogP contribution < -0.4 is 15.4 Å². The van der Waals surface area contributed by atoms with Gasteiger partial charge in [0, 0.05) is 4.88 Å². The summed E-state index contributed by atoms with van der Waals surface area (Å²) in [5.41, 5.74) is 1.70. The number of thiophene rings is 1. The number of carbonyl (C=O) groups is 1. The number of hydrogen-bond donors (Lipinski definition) is 2. The van der Waals surface area contributed by atoms with Crippen molar-refractivity contribution >= 4 is 34.4 Å². The van der Waals surface area contributed by atoms with Crippen LogP contribution in [0.1, 0.15) is 11.8 Å². The molecule has 3 rings (SSSR count). The van der Waals surface area contributed by atoms with Crippen LogP contribution in [0.5, 0.6) is 5.75 Å². The summed E-state index contributed by atoms with van der Waals surface area (Å²) in [7, 11) is 0. The third-order valence-electron chi connectivity index (χ3n) is 3.41. The summed E-state index contributed by atoms with van der Waals surface area (Å²) >= 11 is 1.57. The number of aromatic nitrogens is 1. The molecule has 25 heavy (non-hydrogen) atoms. The number of para-hydroxylation sites is 2. The summed E-state index contributed by atoms with van der Waals surface area (Å²) in [6, 6.07) is 15.3. The topological polar surface area (TPSA) is 63.2 Å². The summed E-state index contributed by atoms with van der Waals surface area (Å²) < 4.78 is 5.60. The zero-order valence-corrected chi connectivity index (χ0v) is 14.7. The lowest BCUT2D eigenvalue weighted by molar-refractivity contribution is -0.115. The van der Waals surface area contributed by atoms with Crippen LogP contribution in [-0.2, 0) is 11.2 Å². The number of ether oxygens (including phenoxy) is 1. The van der Waals surface area contributed by atoms with Crippen LogP contribution in [0.2, 0.25) is 0 Å². The van der Waals surface area contributed by atoms with Gasteiger partial charge in [-0.15, -0.1) is 11.3 Å². The Morgan fingerprint density at radius 2 is 2.04 bits per heavy atom. The van der Waals surface area contributed by atoms with Crippen molar-refractivity contribution in [3.05, 3.63) is 65.0 Å². The lowest BCUT2D eigenvalue weighted by Gasteiger charge is -2.12. The second-order valence-corrected chi connectivity index (χ2v) is 6.32. The maximum Gasteiger partial charge on any atom is 0.230 e. The minimum Gasteiger partial charge on any atom is -0.492 e. The van der Waals surface area contributed by atoms with E-state index in [9.17, 15) is 4.79 Å². The largest absolute Gasteiger partial charge is 0.492 e.